The minimum absolute atomic E-state index is 0.135. The van der Waals surface area contributed by atoms with E-state index in [2.05, 4.69) is 10.2 Å². The summed E-state index contributed by atoms with van der Waals surface area (Å²) >= 11 is 11.6. The summed E-state index contributed by atoms with van der Waals surface area (Å²) in [4.78, 5) is 0. The third-order valence-electron chi connectivity index (χ3n) is 1.90. The summed E-state index contributed by atoms with van der Waals surface area (Å²) in [5, 5.41) is 8.35. The summed E-state index contributed by atoms with van der Waals surface area (Å²) < 4.78 is 1.18. The first kappa shape index (κ1) is 10.1. The molecule has 4 N–H and O–H groups in total. The molecular weight excluding hydrogens is 237 g/mol. The average molecular weight is 244 g/mol. The van der Waals surface area contributed by atoms with Crippen LogP contribution in [0.1, 0.15) is 0 Å². The van der Waals surface area contributed by atoms with E-state index in [4.69, 9.17) is 34.8 Å². The molecule has 1 aromatic heterocycles. The van der Waals surface area contributed by atoms with Crippen molar-refractivity contribution < 1.29 is 0 Å². The number of benzene rings is 1. The molecule has 78 valence electrons. The highest BCUT2D eigenvalue weighted by Crippen LogP contribution is 2.27. The van der Waals surface area contributed by atoms with Crippen molar-refractivity contribution >= 4 is 29.2 Å². The third kappa shape index (κ3) is 1.71. The Balaban J connectivity index is 2.55. The fraction of sp³-hybridized carbons (Fsp3) is 0. The van der Waals surface area contributed by atoms with Gasteiger partial charge in [-0.15, -0.1) is 10.2 Å². The number of nitrogens with two attached hydrogens (primary N) is 2. The first-order valence-corrected chi connectivity index (χ1v) is 4.76. The molecule has 0 atom stereocenters. The lowest BCUT2D eigenvalue weighted by molar-refractivity contribution is 1.02. The Labute approximate surface area is 95.6 Å². The van der Waals surface area contributed by atoms with Crippen LogP contribution in [0.5, 0.6) is 0 Å². The minimum atomic E-state index is 0.135. The zero-order valence-corrected chi connectivity index (χ0v) is 9.00. The van der Waals surface area contributed by atoms with Crippen LogP contribution in [0.2, 0.25) is 10.0 Å². The van der Waals surface area contributed by atoms with Crippen molar-refractivity contribution in [2.75, 3.05) is 11.6 Å². The van der Waals surface area contributed by atoms with Gasteiger partial charge in [-0.2, -0.15) is 0 Å². The quantitative estimate of drug-likeness (QED) is 0.745. The summed E-state index contributed by atoms with van der Waals surface area (Å²) in [7, 11) is 0. The van der Waals surface area contributed by atoms with Crippen LogP contribution in [0, 0.1) is 0 Å². The van der Waals surface area contributed by atoms with Gasteiger partial charge in [0.2, 0.25) is 5.95 Å². The van der Waals surface area contributed by atoms with E-state index < -0.39 is 0 Å². The Morgan fingerprint density at radius 2 is 1.87 bits per heavy atom. The van der Waals surface area contributed by atoms with Crippen LogP contribution in [0.15, 0.2) is 18.2 Å². The van der Waals surface area contributed by atoms with Crippen LogP contribution in [0.25, 0.3) is 11.4 Å². The molecule has 0 unspecified atom stereocenters. The maximum Gasteiger partial charge on any atom is 0.241 e. The van der Waals surface area contributed by atoms with Gasteiger partial charge in [-0.1, -0.05) is 23.2 Å². The molecule has 0 aliphatic heterocycles. The summed E-state index contributed by atoms with van der Waals surface area (Å²) in [6.45, 7) is 0. The predicted octanol–water partition coefficient (Wildman–Crippen LogP) is 1.55. The molecule has 0 bridgehead atoms. The van der Waals surface area contributed by atoms with Crippen molar-refractivity contribution in [2.24, 2.45) is 0 Å². The fourth-order valence-electron chi connectivity index (χ4n) is 1.14. The molecule has 5 nitrogen and oxygen atoms in total. The Morgan fingerprint density at radius 1 is 1.13 bits per heavy atom. The van der Waals surface area contributed by atoms with Crippen molar-refractivity contribution in [3.8, 4) is 11.4 Å². The van der Waals surface area contributed by atoms with Gasteiger partial charge in [0, 0.05) is 5.56 Å². The highest BCUT2D eigenvalue weighted by molar-refractivity contribution is 6.42. The van der Waals surface area contributed by atoms with Gasteiger partial charge in [0.05, 0.1) is 10.0 Å². The number of hydrogen-bond donors (Lipinski definition) is 2. The van der Waals surface area contributed by atoms with Crippen LogP contribution in [-0.2, 0) is 0 Å². The number of halogens is 2. The summed E-state index contributed by atoms with van der Waals surface area (Å²) in [5.41, 5.74) is 6.16. The summed E-state index contributed by atoms with van der Waals surface area (Å²) in [6.07, 6.45) is 0. The molecule has 0 aliphatic rings. The number of aromatic nitrogens is 3. The van der Waals surface area contributed by atoms with Gasteiger partial charge in [0.25, 0.3) is 0 Å². The van der Waals surface area contributed by atoms with Gasteiger partial charge in [0.1, 0.15) is 0 Å². The molecule has 0 spiro atoms. The molecule has 0 saturated carbocycles. The number of rotatable bonds is 1. The average Bonchev–Trinajstić information content (AvgIpc) is 2.53. The predicted molar refractivity (Wildman–Crippen MR) is 60.0 cm³/mol. The maximum absolute atomic E-state index is 5.86. The Kier molecular flexibility index (Phi) is 2.42. The number of anilines is 1. The Bertz CT molecular complexity index is 508. The highest BCUT2D eigenvalue weighted by atomic mass is 35.5. The van der Waals surface area contributed by atoms with E-state index in [0.717, 1.165) is 0 Å². The van der Waals surface area contributed by atoms with Crippen LogP contribution >= 0.6 is 23.2 Å². The first-order chi connectivity index (χ1) is 7.09. The van der Waals surface area contributed by atoms with E-state index in [1.54, 1.807) is 18.2 Å². The van der Waals surface area contributed by atoms with E-state index in [1.165, 1.54) is 4.68 Å². The largest absolute Gasteiger partial charge is 0.366 e. The van der Waals surface area contributed by atoms with Crippen LogP contribution in [-0.4, -0.2) is 14.9 Å². The van der Waals surface area contributed by atoms with Gasteiger partial charge in [0.15, 0.2) is 5.82 Å². The van der Waals surface area contributed by atoms with Crippen molar-refractivity contribution in [3.63, 3.8) is 0 Å². The molecule has 15 heavy (non-hydrogen) atoms. The lowest BCUT2D eigenvalue weighted by Gasteiger charge is -2.02. The molecule has 2 aromatic rings. The second-order valence-corrected chi connectivity index (χ2v) is 3.70. The summed E-state index contributed by atoms with van der Waals surface area (Å²) in [5.74, 6) is 6.18. The van der Waals surface area contributed by atoms with E-state index in [-0.39, 0.29) is 5.95 Å². The highest BCUT2D eigenvalue weighted by Gasteiger charge is 2.10. The van der Waals surface area contributed by atoms with E-state index in [9.17, 15) is 0 Å². The molecule has 0 radical (unpaired) electrons. The smallest absolute Gasteiger partial charge is 0.241 e. The van der Waals surface area contributed by atoms with Gasteiger partial charge in [-0.25, -0.2) is 4.68 Å². The first-order valence-electron chi connectivity index (χ1n) is 4.01. The molecule has 2 rings (SSSR count). The number of nitrogen functional groups attached to an aromatic ring is 2. The molecular formula is C8H7Cl2N5. The van der Waals surface area contributed by atoms with Crippen molar-refractivity contribution in [1.82, 2.24) is 14.9 Å². The van der Waals surface area contributed by atoms with E-state index >= 15 is 0 Å². The van der Waals surface area contributed by atoms with Gasteiger partial charge in [-0.05, 0) is 18.2 Å². The van der Waals surface area contributed by atoms with Crippen LogP contribution < -0.4 is 11.6 Å². The standard InChI is InChI=1S/C8H7Cl2N5/c9-5-2-1-4(3-6(5)10)7-13-14-8(11)15(7)12/h1-3H,12H2,(H2,11,14). The van der Waals surface area contributed by atoms with Crippen LogP contribution in [0.3, 0.4) is 0 Å². The van der Waals surface area contributed by atoms with Gasteiger partial charge in [-0.3, -0.25) is 0 Å². The normalized spacial score (nSPS) is 10.5. The molecule has 0 aliphatic carbocycles. The minimum Gasteiger partial charge on any atom is -0.366 e. The monoisotopic (exact) mass is 243 g/mol. The molecule has 1 aromatic carbocycles. The molecule has 1 heterocycles. The lowest BCUT2D eigenvalue weighted by Crippen LogP contribution is -2.13. The third-order valence-corrected chi connectivity index (χ3v) is 2.64. The van der Waals surface area contributed by atoms with Crippen molar-refractivity contribution in [1.29, 1.82) is 0 Å². The topological polar surface area (TPSA) is 82.8 Å². The zero-order valence-electron chi connectivity index (χ0n) is 7.48. The Morgan fingerprint density at radius 3 is 2.40 bits per heavy atom. The summed E-state index contributed by atoms with van der Waals surface area (Å²) in [6, 6.07) is 5.04. The number of hydrogen-bond acceptors (Lipinski definition) is 4. The molecule has 7 heteroatoms. The molecule has 0 amide bonds. The fourth-order valence-corrected chi connectivity index (χ4v) is 1.43. The molecule has 0 fully saturated rings. The lowest BCUT2D eigenvalue weighted by atomic mass is 10.2. The zero-order chi connectivity index (χ0) is 11.0. The van der Waals surface area contributed by atoms with Crippen molar-refractivity contribution in [3.05, 3.63) is 28.2 Å². The Hall–Kier alpha value is -1.46. The van der Waals surface area contributed by atoms with E-state index in [0.29, 0.717) is 21.4 Å². The van der Waals surface area contributed by atoms with Crippen molar-refractivity contribution in [2.45, 2.75) is 0 Å². The maximum atomic E-state index is 5.86. The second kappa shape index (κ2) is 3.60. The van der Waals surface area contributed by atoms with Gasteiger partial charge < -0.3 is 11.6 Å². The molecule has 0 saturated heterocycles. The second-order valence-electron chi connectivity index (χ2n) is 2.88. The SMILES string of the molecule is Nc1nnc(-c2ccc(Cl)c(Cl)c2)n1N. The van der Waals surface area contributed by atoms with Gasteiger partial charge >= 0.3 is 0 Å². The van der Waals surface area contributed by atoms with Crippen LogP contribution in [0.4, 0.5) is 5.95 Å². The van der Waals surface area contributed by atoms with E-state index in [1.807, 2.05) is 0 Å². The number of nitrogens with zero attached hydrogens (tertiary/aromatic N) is 3.